The molecule has 7 heteroatoms. The molecule has 7 nitrogen and oxygen atoms in total. The summed E-state index contributed by atoms with van der Waals surface area (Å²) in [6.45, 7) is 2.01. The monoisotopic (exact) mass is 355 g/mol. The predicted molar refractivity (Wildman–Crippen MR) is 99.4 cm³/mol. The highest BCUT2D eigenvalue weighted by Gasteiger charge is 2.04. The number of hydrogen-bond donors (Lipinski definition) is 1. The van der Waals surface area contributed by atoms with Crippen molar-refractivity contribution in [1.29, 1.82) is 0 Å². The van der Waals surface area contributed by atoms with Crippen LogP contribution in [0.25, 0.3) is 0 Å². The number of carbonyl (C=O) groups is 1. The Balaban J connectivity index is 1.75. The molecular formula is C19H21N3O4. The van der Waals surface area contributed by atoms with Gasteiger partial charge in [-0.25, -0.2) is 5.43 Å². The molecule has 26 heavy (non-hydrogen) atoms. The molecule has 0 unspecified atom stereocenters. The predicted octanol–water partition coefficient (Wildman–Crippen LogP) is 3.47. The molecule has 0 bridgehead atoms. The van der Waals surface area contributed by atoms with Gasteiger partial charge in [-0.15, -0.1) is 0 Å². The molecule has 0 radical (unpaired) electrons. The van der Waals surface area contributed by atoms with E-state index in [1.165, 1.54) is 23.9 Å². The zero-order valence-electron chi connectivity index (χ0n) is 14.6. The van der Waals surface area contributed by atoms with Crippen molar-refractivity contribution in [3.8, 4) is 5.75 Å². The minimum Gasteiger partial charge on any atom is -0.484 e. The Morgan fingerprint density at radius 3 is 2.50 bits per heavy atom. The number of ether oxygens (including phenoxy) is 1. The standard InChI is InChI=1S/C19H21N3O4/c1-2-3-4-15-7-11-18(12-8-15)26-14-19(23)21-20-13-16-5-9-17(10-6-16)22(24)25/h5-13H,2-4,14H2,1H3,(H,21,23)/b20-13-. The Morgan fingerprint density at radius 1 is 1.19 bits per heavy atom. The summed E-state index contributed by atoms with van der Waals surface area (Å²) in [5.74, 6) is 0.234. The lowest BCUT2D eigenvalue weighted by atomic mass is 10.1. The number of nitro benzene ring substituents is 1. The van der Waals surface area contributed by atoms with E-state index >= 15 is 0 Å². The van der Waals surface area contributed by atoms with Crippen LogP contribution in [0.1, 0.15) is 30.9 Å². The van der Waals surface area contributed by atoms with E-state index in [0.717, 1.165) is 19.3 Å². The quantitative estimate of drug-likeness (QED) is 0.423. The van der Waals surface area contributed by atoms with Crippen LogP contribution in [0.15, 0.2) is 53.6 Å². The molecule has 0 aliphatic rings. The highest BCUT2D eigenvalue weighted by atomic mass is 16.6. The number of hydrogen-bond acceptors (Lipinski definition) is 5. The molecule has 2 rings (SSSR count). The van der Waals surface area contributed by atoms with Gasteiger partial charge in [-0.3, -0.25) is 14.9 Å². The van der Waals surface area contributed by atoms with Gasteiger partial charge in [-0.05, 0) is 48.2 Å². The molecule has 0 atom stereocenters. The van der Waals surface area contributed by atoms with E-state index in [1.54, 1.807) is 12.1 Å². The number of nitrogens with zero attached hydrogens (tertiary/aromatic N) is 2. The smallest absolute Gasteiger partial charge is 0.277 e. The van der Waals surface area contributed by atoms with Crippen molar-refractivity contribution in [2.75, 3.05) is 6.61 Å². The normalized spacial score (nSPS) is 10.7. The molecule has 0 heterocycles. The number of non-ortho nitro benzene ring substituents is 1. The molecule has 1 N–H and O–H groups in total. The summed E-state index contributed by atoms with van der Waals surface area (Å²) in [6, 6.07) is 13.5. The second kappa shape index (κ2) is 9.93. The van der Waals surface area contributed by atoms with Crippen molar-refractivity contribution in [1.82, 2.24) is 5.43 Å². The average Bonchev–Trinajstić information content (AvgIpc) is 2.66. The third kappa shape index (κ3) is 6.35. The van der Waals surface area contributed by atoms with Gasteiger partial charge in [0.25, 0.3) is 11.6 Å². The summed E-state index contributed by atoms with van der Waals surface area (Å²) >= 11 is 0. The summed E-state index contributed by atoms with van der Waals surface area (Å²) in [5.41, 5.74) is 4.24. The van der Waals surface area contributed by atoms with Gasteiger partial charge >= 0.3 is 0 Å². The molecule has 0 aromatic heterocycles. The molecule has 0 fully saturated rings. The van der Waals surface area contributed by atoms with Gasteiger partial charge in [-0.2, -0.15) is 5.10 Å². The van der Waals surface area contributed by atoms with Gasteiger partial charge in [0.2, 0.25) is 0 Å². The van der Waals surface area contributed by atoms with E-state index in [4.69, 9.17) is 4.74 Å². The zero-order chi connectivity index (χ0) is 18.8. The van der Waals surface area contributed by atoms with E-state index in [0.29, 0.717) is 11.3 Å². The molecule has 2 aromatic carbocycles. The number of aryl methyl sites for hydroxylation is 1. The highest BCUT2D eigenvalue weighted by Crippen LogP contribution is 2.14. The van der Waals surface area contributed by atoms with Gasteiger partial charge in [0.15, 0.2) is 6.61 Å². The second-order valence-electron chi connectivity index (χ2n) is 5.68. The van der Waals surface area contributed by atoms with Crippen LogP contribution in [0.2, 0.25) is 0 Å². The minimum atomic E-state index is -0.476. The number of hydrazone groups is 1. The number of nitro groups is 1. The Morgan fingerprint density at radius 2 is 1.88 bits per heavy atom. The maximum Gasteiger partial charge on any atom is 0.277 e. The minimum absolute atomic E-state index is 0.000276. The largest absolute Gasteiger partial charge is 0.484 e. The van der Waals surface area contributed by atoms with Gasteiger partial charge in [0.05, 0.1) is 11.1 Å². The Bertz CT molecular complexity index is 755. The SMILES string of the molecule is CCCCc1ccc(OCC(=O)N/N=C\c2ccc([N+](=O)[O-])cc2)cc1. The molecule has 136 valence electrons. The first kappa shape index (κ1) is 19.1. The maximum atomic E-state index is 11.7. The van der Waals surface area contributed by atoms with Crippen LogP contribution in [0, 0.1) is 10.1 Å². The number of nitrogens with one attached hydrogen (secondary N) is 1. The van der Waals surface area contributed by atoms with Gasteiger partial charge < -0.3 is 4.74 Å². The van der Waals surface area contributed by atoms with Crippen LogP contribution in [0.5, 0.6) is 5.75 Å². The third-order valence-electron chi connectivity index (χ3n) is 3.62. The first-order chi connectivity index (χ1) is 12.6. The number of carbonyl (C=O) groups excluding carboxylic acids is 1. The number of rotatable bonds is 9. The molecule has 0 saturated heterocycles. The number of unbranched alkanes of at least 4 members (excludes halogenated alkanes) is 1. The van der Waals surface area contributed by atoms with E-state index < -0.39 is 10.8 Å². The summed E-state index contributed by atoms with van der Waals surface area (Å²) in [5, 5.41) is 14.4. The van der Waals surface area contributed by atoms with Crippen LogP contribution >= 0.6 is 0 Å². The lowest BCUT2D eigenvalue weighted by Gasteiger charge is -2.06. The third-order valence-corrected chi connectivity index (χ3v) is 3.62. The Kier molecular flexibility index (Phi) is 7.30. The molecule has 0 aliphatic heterocycles. The van der Waals surface area contributed by atoms with Crippen molar-refractivity contribution in [2.24, 2.45) is 5.10 Å². The molecule has 2 aromatic rings. The highest BCUT2D eigenvalue weighted by molar-refractivity contribution is 5.83. The summed E-state index contributed by atoms with van der Waals surface area (Å²) in [6.07, 6.45) is 4.74. The van der Waals surface area contributed by atoms with Crippen LogP contribution in [0.3, 0.4) is 0 Å². The van der Waals surface area contributed by atoms with E-state index in [2.05, 4.69) is 17.5 Å². The fourth-order valence-corrected chi connectivity index (χ4v) is 2.18. The van der Waals surface area contributed by atoms with E-state index in [-0.39, 0.29) is 12.3 Å². The average molecular weight is 355 g/mol. The van der Waals surface area contributed by atoms with Gasteiger partial charge in [0, 0.05) is 12.1 Å². The molecule has 0 spiro atoms. The molecule has 1 amide bonds. The van der Waals surface area contributed by atoms with Crippen LogP contribution in [-0.4, -0.2) is 23.7 Å². The summed E-state index contributed by atoms with van der Waals surface area (Å²) in [4.78, 5) is 21.8. The van der Waals surface area contributed by atoms with Gasteiger partial charge in [0.1, 0.15) is 5.75 Å². The summed E-state index contributed by atoms with van der Waals surface area (Å²) < 4.78 is 5.41. The van der Waals surface area contributed by atoms with Crippen LogP contribution in [-0.2, 0) is 11.2 Å². The lowest BCUT2D eigenvalue weighted by molar-refractivity contribution is -0.384. The first-order valence-electron chi connectivity index (χ1n) is 8.36. The fourth-order valence-electron chi connectivity index (χ4n) is 2.18. The molecular weight excluding hydrogens is 334 g/mol. The molecule has 0 saturated carbocycles. The zero-order valence-corrected chi connectivity index (χ0v) is 14.6. The van der Waals surface area contributed by atoms with Gasteiger partial charge in [-0.1, -0.05) is 25.5 Å². The van der Waals surface area contributed by atoms with Crippen molar-refractivity contribution >= 4 is 17.8 Å². The molecule has 0 aliphatic carbocycles. The van der Waals surface area contributed by atoms with Crippen molar-refractivity contribution < 1.29 is 14.5 Å². The maximum absolute atomic E-state index is 11.7. The lowest BCUT2D eigenvalue weighted by Crippen LogP contribution is -2.24. The Hall–Kier alpha value is -3.22. The Labute approximate surface area is 151 Å². The number of amides is 1. The topological polar surface area (TPSA) is 93.8 Å². The first-order valence-corrected chi connectivity index (χ1v) is 8.36. The van der Waals surface area contributed by atoms with Crippen molar-refractivity contribution in [2.45, 2.75) is 26.2 Å². The van der Waals surface area contributed by atoms with Crippen LogP contribution < -0.4 is 10.2 Å². The van der Waals surface area contributed by atoms with Crippen molar-refractivity contribution in [3.05, 3.63) is 69.8 Å². The van der Waals surface area contributed by atoms with Crippen LogP contribution in [0.4, 0.5) is 5.69 Å². The summed E-state index contributed by atoms with van der Waals surface area (Å²) in [7, 11) is 0. The van der Waals surface area contributed by atoms with E-state index in [9.17, 15) is 14.9 Å². The fraction of sp³-hybridized carbons (Fsp3) is 0.263. The number of benzene rings is 2. The van der Waals surface area contributed by atoms with Crippen molar-refractivity contribution in [3.63, 3.8) is 0 Å². The van der Waals surface area contributed by atoms with E-state index in [1.807, 2.05) is 24.3 Å². The second-order valence-corrected chi connectivity index (χ2v) is 5.68.